The number of hydrogen-bond acceptors (Lipinski definition) is 6. The third-order valence-corrected chi connectivity index (χ3v) is 2.86. The Kier molecular flexibility index (Phi) is 8.66. The smallest absolute Gasteiger partial charge is 0.397 e. The zero-order valence-corrected chi connectivity index (χ0v) is 13.7. The van der Waals surface area contributed by atoms with Gasteiger partial charge in [-0.1, -0.05) is 19.4 Å². The van der Waals surface area contributed by atoms with Crippen LogP contribution in [0.4, 0.5) is 11.4 Å². The summed E-state index contributed by atoms with van der Waals surface area (Å²) in [7, 11) is 0. The average Bonchev–Trinajstić information content (AvgIpc) is 2.57. The van der Waals surface area contributed by atoms with E-state index in [0.29, 0.717) is 6.61 Å². The van der Waals surface area contributed by atoms with Crippen LogP contribution < -0.4 is 10.6 Å². The first-order chi connectivity index (χ1) is 11.9. The molecule has 0 aliphatic carbocycles. The van der Waals surface area contributed by atoms with E-state index in [-0.39, 0.29) is 24.6 Å². The zero-order chi connectivity index (χ0) is 18.7. The van der Waals surface area contributed by atoms with Gasteiger partial charge in [0.15, 0.2) is 0 Å². The number of carboxylic acid groups (broad SMARTS) is 1. The van der Waals surface area contributed by atoms with Crippen molar-refractivity contribution in [2.24, 2.45) is 0 Å². The van der Waals surface area contributed by atoms with Crippen LogP contribution in [0.1, 0.15) is 19.8 Å². The van der Waals surface area contributed by atoms with Crippen molar-refractivity contribution in [1.82, 2.24) is 0 Å². The molecule has 3 N–H and O–H groups in total. The molecule has 0 unspecified atom stereocenters. The molecule has 0 heterocycles. The maximum atomic E-state index is 11.7. The summed E-state index contributed by atoms with van der Waals surface area (Å²) >= 11 is 0. The van der Waals surface area contributed by atoms with E-state index in [4.69, 9.17) is 14.6 Å². The van der Waals surface area contributed by atoms with Gasteiger partial charge in [-0.05, 0) is 24.6 Å². The highest BCUT2D eigenvalue weighted by Gasteiger charge is 2.16. The topological polar surface area (TPSA) is 131 Å². The van der Waals surface area contributed by atoms with Crippen LogP contribution in [0.2, 0.25) is 0 Å². The number of carbonyl (C=O) groups excluding carboxylic acids is 3. The van der Waals surface area contributed by atoms with Gasteiger partial charge in [-0.25, -0.2) is 9.59 Å². The lowest BCUT2D eigenvalue weighted by Gasteiger charge is -2.08. The lowest BCUT2D eigenvalue weighted by molar-refractivity contribution is -0.153. The molecule has 9 heteroatoms. The maximum Gasteiger partial charge on any atom is 0.397 e. The molecule has 0 fully saturated rings. The number of ether oxygens (including phenoxy) is 2. The summed E-state index contributed by atoms with van der Waals surface area (Å²) in [6.07, 6.45) is 1.90. The minimum Gasteiger partial charge on any atom is -0.474 e. The highest BCUT2D eigenvalue weighted by atomic mass is 16.6. The van der Waals surface area contributed by atoms with Crippen LogP contribution in [0, 0.1) is 0 Å². The van der Waals surface area contributed by atoms with E-state index in [2.05, 4.69) is 10.6 Å². The van der Waals surface area contributed by atoms with E-state index < -0.39 is 23.8 Å². The first-order valence-corrected chi connectivity index (χ1v) is 7.64. The number of unbranched alkanes of at least 4 members (excludes halogenated alkanes) is 1. The molecule has 0 bridgehead atoms. The third-order valence-electron chi connectivity index (χ3n) is 2.86. The summed E-state index contributed by atoms with van der Waals surface area (Å²) in [6, 6.07) is 5.68. The number of esters is 1. The molecule has 0 spiro atoms. The Bertz CT molecular complexity index is 631. The molecule has 9 nitrogen and oxygen atoms in total. The van der Waals surface area contributed by atoms with Gasteiger partial charge in [-0.15, -0.1) is 0 Å². The van der Waals surface area contributed by atoms with E-state index in [1.54, 1.807) is 0 Å². The first-order valence-electron chi connectivity index (χ1n) is 7.64. The van der Waals surface area contributed by atoms with E-state index >= 15 is 0 Å². The molecule has 1 aromatic carbocycles. The fraction of sp³-hybridized carbons (Fsp3) is 0.375. The number of anilines is 2. The molecule has 1 rings (SSSR count). The molecular formula is C16H20N2O7. The molecule has 0 saturated carbocycles. The van der Waals surface area contributed by atoms with Crippen molar-refractivity contribution >= 4 is 35.1 Å². The summed E-state index contributed by atoms with van der Waals surface area (Å²) in [4.78, 5) is 44.8. The Balaban J connectivity index is 2.44. The molecule has 0 atom stereocenters. The van der Waals surface area contributed by atoms with Crippen molar-refractivity contribution in [3.8, 4) is 0 Å². The molecule has 136 valence electrons. The molecule has 0 radical (unpaired) electrons. The Hall–Kier alpha value is -2.94. The molecule has 0 aromatic heterocycles. The largest absolute Gasteiger partial charge is 0.474 e. The normalized spacial score (nSPS) is 9.96. The Morgan fingerprint density at radius 1 is 1.00 bits per heavy atom. The number of benzene rings is 1. The van der Waals surface area contributed by atoms with Gasteiger partial charge >= 0.3 is 23.8 Å². The minimum absolute atomic E-state index is 0.0370. The van der Waals surface area contributed by atoms with Gasteiger partial charge in [0.2, 0.25) is 0 Å². The minimum atomic E-state index is -1.64. The van der Waals surface area contributed by atoms with Crippen LogP contribution in [0.3, 0.4) is 0 Å². The second-order valence-corrected chi connectivity index (χ2v) is 4.90. The Morgan fingerprint density at radius 3 is 2.24 bits per heavy atom. The summed E-state index contributed by atoms with van der Waals surface area (Å²) in [6.45, 7) is 2.76. The number of rotatable bonds is 8. The summed E-state index contributed by atoms with van der Waals surface area (Å²) < 4.78 is 9.96. The van der Waals surface area contributed by atoms with Crippen molar-refractivity contribution in [2.75, 3.05) is 30.5 Å². The molecule has 25 heavy (non-hydrogen) atoms. The predicted molar refractivity (Wildman–Crippen MR) is 88.0 cm³/mol. The lowest BCUT2D eigenvalue weighted by Crippen LogP contribution is -2.26. The molecular weight excluding hydrogens is 332 g/mol. The zero-order valence-electron chi connectivity index (χ0n) is 13.7. The molecule has 0 aliphatic heterocycles. The second-order valence-electron chi connectivity index (χ2n) is 4.90. The quantitative estimate of drug-likeness (QED) is 0.361. The van der Waals surface area contributed by atoms with Crippen molar-refractivity contribution < 1.29 is 33.8 Å². The van der Waals surface area contributed by atoms with Gasteiger partial charge in [0, 0.05) is 18.0 Å². The van der Waals surface area contributed by atoms with Gasteiger partial charge in [0.05, 0.1) is 6.61 Å². The maximum absolute atomic E-state index is 11.7. The van der Waals surface area contributed by atoms with Crippen molar-refractivity contribution in [2.45, 2.75) is 19.8 Å². The Labute approximate surface area is 144 Å². The SMILES string of the molecule is CCCCOCCOC(=O)C(=O)Nc1cccc(NC(=O)C(=O)O)c1. The average molecular weight is 352 g/mol. The highest BCUT2D eigenvalue weighted by Crippen LogP contribution is 2.15. The number of aliphatic carboxylic acids is 1. The standard InChI is InChI=1S/C16H20N2O7/c1-2-3-7-24-8-9-25-16(23)14(20)18-12-6-4-5-11(10-12)17-13(19)15(21)22/h4-6,10H,2-3,7-9H2,1H3,(H,17,19)(H,18,20)(H,21,22). The molecule has 2 amide bonds. The predicted octanol–water partition coefficient (Wildman–Crippen LogP) is 1.01. The van der Waals surface area contributed by atoms with E-state index in [1.165, 1.54) is 24.3 Å². The summed E-state index contributed by atoms with van der Waals surface area (Å²) in [5, 5.41) is 12.9. The fourth-order valence-electron chi connectivity index (χ4n) is 1.65. The summed E-state index contributed by atoms with van der Waals surface area (Å²) in [5.74, 6) is -4.92. The van der Waals surface area contributed by atoms with Crippen molar-refractivity contribution in [3.63, 3.8) is 0 Å². The molecule has 0 saturated heterocycles. The van der Waals surface area contributed by atoms with Crippen LogP contribution >= 0.6 is 0 Å². The van der Waals surface area contributed by atoms with Crippen molar-refractivity contribution in [1.29, 1.82) is 0 Å². The second kappa shape index (κ2) is 10.8. The van der Waals surface area contributed by atoms with Gasteiger partial charge in [0.1, 0.15) is 6.61 Å². The van der Waals surface area contributed by atoms with Crippen molar-refractivity contribution in [3.05, 3.63) is 24.3 Å². The van der Waals surface area contributed by atoms with E-state index in [9.17, 15) is 19.2 Å². The first kappa shape index (κ1) is 20.1. The fourth-order valence-corrected chi connectivity index (χ4v) is 1.65. The monoisotopic (exact) mass is 352 g/mol. The van der Waals surface area contributed by atoms with Gasteiger partial charge in [0.25, 0.3) is 0 Å². The molecule has 1 aromatic rings. The van der Waals surface area contributed by atoms with Crippen LogP contribution in [-0.2, 0) is 28.7 Å². The number of amides is 2. The number of nitrogens with one attached hydrogen (secondary N) is 2. The van der Waals surface area contributed by atoms with Crippen LogP contribution in [-0.4, -0.2) is 48.7 Å². The van der Waals surface area contributed by atoms with Gasteiger partial charge in [-0.3, -0.25) is 9.59 Å². The lowest BCUT2D eigenvalue weighted by atomic mass is 10.2. The van der Waals surface area contributed by atoms with E-state index in [1.807, 2.05) is 6.92 Å². The van der Waals surface area contributed by atoms with Gasteiger partial charge in [-0.2, -0.15) is 0 Å². The van der Waals surface area contributed by atoms with Crippen LogP contribution in [0.15, 0.2) is 24.3 Å². The highest BCUT2D eigenvalue weighted by molar-refractivity contribution is 6.37. The Morgan fingerprint density at radius 2 is 1.64 bits per heavy atom. The molecule has 0 aliphatic rings. The van der Waals surface area contributed by atoms with Gasteiger partial charge < -0.3 is 25.2 Å². The number of carboxylic acids is 1. The van der Waals surface area contributed by atoms with Crippen LogP contribution in [0.25, 0.3) is 0 Å². The summed E-state index contributed by atoms with van der Waals surface area (Å²) in [5.41, 5.74) is 0.354. The number of hydrogen-bond donors (Lipinski definition) is 3. The van der Waals surface area contributed by atoms with E-state index in [0.717, 1.165) is 12.8 Å². The van der Waals surface area contributed by atoms with Crippen LogP contribution in [0.5, 0.6) is 0 Å². The number of carbonyl (C=O) groups is 4. The third kappa shape index (κ3) is 7.93.